The first-order valence-electron chi connectivity index (χ1n) is 8.94. The molecule has 0 N–H and O–H groups in total. The molecule has 2 aromatic carbocycles. The molecule has 0 aliphatic carbocycles. The van der Waals surface area contributed by atoms with Gasteiger partial charge < -0.3 is 23.7 Å². The largest absolute Gasteiger partial charge is 0.493 e. The van der Waals surface area contributed by atoms with E-state index in [4.69, 9.17) is 23.7 Å². The van der Waals surface area contributed by atoms with Gasteiger partial charge in [-0.2, -0.15) is 0 Å². The van der Waals surface area contributed by atoms with Crippen LogP contribution in [0.25, 0.3) is 0 Å². The molecule has 0 aromatic heterocycles. The number of rotatable bonds is 9. The first-order valence-corrected chi connectivity index (χ1v) is 8.94. The zero-order valence-electron chi connectivity index (χ0n) is 16.4. The van der Waals surface area contributed by atoms with Crippen molar-refractivity contribution in [3.8, 4) is 17.2 Å². The maximum Gasteiger partial charge on any atom is 0.349 e. The molecular formula is C21H22O8. The summed E-state index contributed by atoms with van der Waals surface area (Å²) in [6, 6.07) is 10.8. The number of esters is 3. The van der Waals surface area contributed by atoms with E-state index in [1.54, 1.807) is 38.1 Å². The molecule has 8 heteroatoms. The smallest absolute Gasteiger partial charge is 0.349 e. The highest BCUT2D eigenvalue weighted by Crippen LogP contribution is 2.26. The molecule has 0 saturated carbocycles. The quantitative estimate of drug-likeness (QED) is 0.466. The molecule has 2 aromatic rings. The van der Waals surface area contributed by atoms with Gasteiger partial charge in [-0.15, -0.1) is 0 Å². The summed E-state index contributed by atoms with van der Waals surface area (Å²) < 4.78 is 25.7. The van der Waals surface area contributed by atoms with Gasteiger partial charge in [-0.3, -0.25) is 0 Å². The van der Waals surface area contributed by atoms with Crippen LogP contribution < -0.4 is 14.2 Å². The van der Waals surface area contributed by atoms with Crippen LogP contribution in [0.3, 0.4) is 0 Å². The van der Waals surface area contributed by atoms with Gasteiger partial charge in [-0.05, 0) is 44.2 Å². The van der Waals surface area contributed by atoms with Crippen molar-refractivity contribution in [1.82, 2.24) is 0 Å². The van der Waals surface area contributed by atoms with Crippen LogP contribution in [0, 0.1) is 0 Å². The fourth-order valence-corrected chi connectivity index (χ4v) is 2.36. The molecule has 8 nitrogen and oxygen atoms in total. The molecule has 0 aliphatic heterocycles. The number of carbonyl (C=O) groups excluding carboxylic acids is 3. The molecule has 0 spiro atoms. The number of para-hydroxylation sites is 2. The zero-order valence-corrected chi connectivity index (χ0v) is 16.4. The first-order chi connectivity index (χ1) is 14.0. The minimum atomic E-state index is -0.730. The molecule has 0 fully saturated rings. The summed E-state index contributed by atoms with van der Waals surface area (Å²) >= 11 is 0. The number of benzene rings is 2. The molecule has 29 heavy (non-hydrogen) atoms. The third-order valence-corrected chi connectivity index (χ3v) is 3.58. The van der Waals surface area contributed by atoms with Crippen molar-refractivity contribution in [2.75, 3.05) is 26.9 Å². The van der Waals surface area contributed by atoms with Crippen molar-refractivity contribution in [3.05, 3.63) is 53.6 Å². The van der Waals surface area contributed by atoms with Crippen molar-refractivity contribution in [2.24, 2.45) is 0 Å². The van der Waals surface area contributed by atoms with Crippen LogP contribution in [-0.4, -0.2) is 44.8 Å². The van der Waals surface area contributed by atoms with Crippen LogP contribution >= 0.6 is 0 Å². The summed E-state index contributed by atoms with van der Waals surface area (Å²) in [4.78, 5) is 36.3. The molecule has 0 radical (unpaired) electrons. The predicted octanol–water partition coefficient (Wildman–Crippen LogP) is 3.03. The van der Waals surface area contributed by atoms with Gasteiger partial charge in [0.1, 0.15) is 5.75 Å². The summed E-state index contributed by atoms with van der Waals surface area (Å²) in [7, 11) is 1.48. The Labute approximate surface area is 168 Å². The normalized spacial score (nSPS) is 10.0. The van der Waals surface area contributed by atoms with E-state index in [0.29, 0.717) is 11.5 Å². The fraction of sp³-hybridized carbons (Fsp3) is 0.286. The molecule has 0 atom stereocenters. The first kappa shape index (κ1) is 21.7. The Kier molecular flexibility index (Phi) is 8.02. The van der Waals surface area contributed by atoms with E-state index in [9.17, 15) is 14.4 Å². The summed E-state index contributed by atoms with van der Waals surface area (Å²) in [6.07, 6.45) is 0. The van der Waals surface area contributed by atoms with E-state index in [-0.39, 0.29) is 30.1 Å². The van der Waals surface area contributed by atoms with Crippen LogP contribution in [0.4, 0.5) is 0 Å². The second-order valence-electron chi connectivity index (χ2n) is 5.60. The van der Waals surface area contributed by atoms with Gasteiger partial charge in [0.05, 0.1) is 31.5 Å². The lowest BCUT2D eigenvalue weighted by Crippen LogP contribution is -2.19. The molecule has 0 amide bonds. The van der Waals surface area contributed by atoms with E-state index >= 15 is 0 Å². The van der Waals surface area contributed by atoms with Crippen molar-refractivity contribution < 1.29 is 38.1 Å². The summed E-state index contributed by atoms with van der Waals surface area (Å²) in [5, 5.41) is 0. The van der Waals surface area contributed by atoms with Crippen molar-refractivity contribution in [2.45, 2.75) is 13.8 Å². The van der Waals surface area contributed by atoms with Crippen LogP contribution in [0.15, 0.2) is 42.5 Å². The van der Waals surface area contributed by atoms with Gasteiger partial charge in [0.15, 0.2) is 18.1 Å². The lowest BCUT2D eigenvalue weighted by Gasteiger charge is -2.11. The highest BCUT2D eigenvalue weighted by molar-refractivity contribution is 5.96. The summed E-state index contributed by atoms with van der Waals surface area (Å²) in [5.41, 5.74) is 0.122. The number of hydrogen-bond acceptors (Lipinski definition) is 8. The zero-order chi connectivity index (χ0) is 21.2. The third-order valence-electron chi connectivity index (χ3n) is 3.58. The highest BCUT2D eigenvalue weighted by atomic mass is 16.6. The maximum atomic E-state index is 12.2. The van der Waals surface area contributed by atoms with Crippen molar-refractivity contribution >= 4 is 17.9 Å². The Morgan fingerprint density at radius 2 is 1.38 bits per heavy atom. The summed E-state index contributed by atoms with van der Waals surface area (Å²) in [5.74, 6) is -1.20. The minimum absolute atomic E-state index is 0.00719. The van der Waals surface area contributed by atoms with Crippen LogP contribution in [0.5, 0.6) is 17.2 Å². The molecule has 0 saturated heterocycles. The third kappa shape index (κ3) is 6.24. The van der Waals surface area contributed by atoms with Crippen LogP contribution in [-0.2, 0) is 14.3 Å². The molecular weight excluding hydrogens is 380 g/mol. The number of methoxy groups -OCH3 is 1. The van der Waals surface area contributed by atoms with E-state index in [1.165, 1.54) is 25.3 Å². The van der Waals surface area contributed by atoms with Gasteiger partial charge in [0, 0.05) is 0 Å². The van der Waals surface area contributed by atoms with E-state index in [1.807, 2.05) is 0 Å². The number of carbonyl (C=O) groups is 3. The molecule has 0 unspecified atom stereocenters. The lowest BCUT2D eigenvalue weighted by atomic mass is 10.1. The van der Waals surface area contributed by atoms with Crippen molar-refractivity contribution in [3.63, 3.8) is 0 Å². The van der Waals surface area contributed by atoms with Gasteiger partial charge in [0.2, 0.25) is 0 Å². The fourth-order valence-electron chi connectivity index (χ4n) is 2.36. The Hall–Kier alpha value is -3.55. The van der Waals surface area contributed by atoms with Gasteiger partial charge >= 0.3 is 17.9 Å². The molecule has 154 valence electrons. The Morgan fingerprint density at radius 3 is 1.90 bits per heavy atom. The standard InChI is InChI=1S/C21H22O8/c1-4-26-20(23)14-10-15(21(24)27-5-2)12-16(11-14)29-19(22)13-28-18-9-7-6-8-17(18)25-3/h6-12H,4-5,13H2,1-3H3. The van der Waals surface area contributed by atoms with Gasteiger partial charge in [-0.25, -0.2) is 14.4 Å². The second-order valence-corrected chi connectivity index (χ2v) is 5.60. The molecule has 0 bridgehead atoms. The molecule has 2 rings (SSSR count). The lowest BCUT2D eigenvalue weighted by molar-refractivity contribution is -0.136. The van der Waals surface area contributed by atoms with Crippen LogP contribution in [0.1, 0.15) is 34.6 Å². The van der Waals surface area contributed by atoms with E-state index in [0.717, 1.165) is 0 Å². The Bertz CT molecular complexity index is 838. The van der Waals surface area contributed by atoms with Crippen molar-refractivity contribution in [1.29, 1.82) is 0 Å². The molecule has 0 aliphatic rings. The van der Waals surface area contributed by atoms with Crippen LogP contribution in [0.2, 0.25) is 0 Å². The number of ether oxygens (including phenoxy) is 5. The number of hydrogen-bond donors (Lipinski definition) is 0. The maximum absolute atomic E-state index is 12.2. The highest BCUT2D eigenvalue weighted by Gasteiger charge is 2.17. The topological polar surface area (TPSA) is 97.4 Å². The second kappa shape index (κ2) is 10.7. The van der Waals surface area contributed by atoms with Gasteiger partial charge in [0.25, 0.3) is 0 Å². The Morgan fingerprint density at radius 1 is 0.828 bits per heavy atom. The Balaban J connectivity index is 2.15. The summed E-state index contributed by atoms with van der Waals surface area (Å²) in [6.45, 7) is 3.22. The monoisotopic (exact) mass is 402 g/mol. The van der Waals surface area contributed by atoms with E-state index < -0.39 is 24.5 Å². The van der Waals surface area contributed by atoms with E-state index in [2.05, 4.69) is 0 Å². The van der Waals surface area contributed by atoms with Gasteiger partial charge in [-0.1, -0.05) is 12.1 Å². The SMILES string of the molecule is CCOC(=O)c1cc(OC(=O)COc2ccccc2OC)cc(C(=O)OCC)c1. The minimum Gasteiger partial charge on any atom is -0.493 e. The molecule has 0 heterocycles. The average Bonchev–Trinajstić information content (AvgIpc) is 2.72. The predicted molar refractivity (Wildman–Crippen MR) is 102 cm³/mol. The average molecular weight is 402 g/mol.